The number of rotatable bonds is 8. The predicted molar refractivity (Wildman–Crippen MR) is 136 cm³/mol. The molecule has 33 heavy (non-hydrogen) atoms. The summed E-state index contributed by atoms with van der Waals surface area (Å²) in [4.78, 5) is 29.0. The highest BCUT2D eigenvalue weighted by molar-refractivity contribution is 8.01. The molecule has 0 aliphatic heterocycles. The number of nitrogens with zero attached hydrogens (tertiary/aromatic N) is 1. The number of hydrogen-bond acceptors (Lipinski definition) is 6. The number of benzene rings is 3. The Morgan fingerprint density at radius 1 is 0.970 bits per heavy atom. The summed E-state index contributed by atoms with van der Waals surface area (Å²) < 4.78 is 7.22. The van der Waals surface area contributed by atoms with Crippen molar-refractivity contribution in [2.75, 3.05) is 23.0 Å². The van der Waals surface area contributed by atoms with Crippen molar-refractivity contribution in [2.45, 2.75) is 11.3 Å². The molecule has 168 valence electrons. The van der Waals surface area contributed by atoms with Gasteiger partial charge >= 0.3 is 0 Å². The molecule has 1 aromatic heterocycles. The fourth-order valence-corrected chi connectivity index (χ4v) is 4.91. The molecular weight excluding hydrogens is 478 g/mol. The van der Waals surface area contributed by atoms with Crippen LogP contribution in [0, 0.1) is 6.92 Å². The summed E-state index contributed by atoms with van der Waals surface area (Å²) in [7, 11) is 0. The number of fused-ring (bicyclic) bond motifs is 1. The summed E-state index contributed by atoms with van der Waals surface area (Å²) in [6, 6.07) is 20.0. The van der Waals surface area contributed by atoms with Crippen LogP contribution in [0.5, 0.6) is 5.75 Å². The quantitative estimate of drug-likeness (QED) is 0.291. The van der Waals surface area contributed by atoms with Gasteiger partial charge in [-0.2, -0.15) is 0 Å². The monoisotopic (exact) mass is 497 g/mol. The van der Waals surface area contributed by atoms with Gasteiger partial charge in [-0.15, -0.1) is 11.3 Å². The van der Waals surface area contributed by atoms with Crippen LogP contribution in [0.1, 0.15) is 5.56 Å². The lowest BCUT2D eigenvalue weighted by molar-refractivity contribution is -0.118. The Kier molecular flexibility index (Phi) is 7.49. The normalized spacial score (nSPS) is 10.7. The Hall–Kier alpha value is -3.07. The number of nitrogens with one attached hydrogen (secondary N) is 2. The average molecular weight is 498 g/mol. The first kappa shape index (κ1) is 23.1. The van der Waals surface area contributed by atoms with Crippen LogP contribution < -0.4 is 15.4 Å². The number of hydrogen-bond donors (Lipinski definition) is 2. The smallest absolute Gasteiger partial charge is 0.262 e. The van der Waals surface area contributed by atoms with Crippen LogP contribution in [0.15, 0.2) is 71.1 Å². The maximum absolute atomic E-state index is 12.2. The van der Waals surface area contributed by atoms with Crippen molar-refractivity contribution in [3.05, 3.63) is 77.3 Å². The van der Waals surface area contributed by atoms with Crippen LogP contribution in [0.25, 0.3) is 10.2 Å². The molecule has 4 aromatic rings. The molecule has 0 aliphatic rings. The summed E-state index contributed by atoms with van der Waals surface area (Å²) in [5.74, 6) is 0.522. The molecule has 9 heteroatoms. The number of thiazole rings is 1. The second-order valence-electron chi connectivity index (χ2n) is 7.16. The molecule has 0 saturated carbocycles. The van der Waals surface area contributed by atoms with Gasteiger partial charge in [0, 0.05) is 16.4 Å². The molecule has 0 atom stereocenters. The summed E-state index contributed by atoms with van der Waals surface area (Å²) in [6.07, 6.45) is 0. The van der Waals surface area contributed by atoms with Crippen LogP contribution in [-0.4, -0.2) is 29.2 Å². The minimum absolute atomic E-state index is 0.0758. The van der Waals surface area contributed by atoms with E-state index in [2.05, 4.69) is 15.6 Å². The molecule has 2 amide bonds. The van der Waals surface area contributed by atoms with Gasteiger partial charge in [-0.1, -0.05) is 41.1 Å². The Balaban J connectivity index is 1.30. The topological polar surface area (TPSA) is 80.3 Å². The van der Waals surface area contributed by atoms with Gasteiger partial charge in [0.2, 0.25) is 5.91 Å². The largest absolute Gasteiger partial charge is 0.484 e. The Bertz CT molecular complexity index is 1270. The highest BCUT2D eigenvalue weighted by Gasteiger charge is 2.10. The number of carbonyl (C=O) groups excluding carboxylic acids is 2. The molecule has 0 bridgehead atoms. The van der Waals surface area contributed by atoms with Gasteiger partial charge in [0.15, 0.2) is 10.9 Å². The van der Waals surface area contributed by atoms with E-state index in [-0.39, 0.29) is 24.2 Å². The lowest BCUT2D eigenvalue weighted by Crippen LogP contribution is -2.20. The van der Waals surface area contributed by atoms with E-state index in [1.165, 1.54) is 23.1 Å². The molecule has 3 aromatic carbocycles. The van der Waals surface area contributed by atoms with Crippen LogP contribution in [0.4, 0.5) is 11.4 Å². The number of amides is 2. The molecule has 0 spiro atoms. The molecule has 0 fully saturated rings. The summed E-state index contributed by atoms with van der Waals surface area (Å²) >= 11 is 8.70. The third-order valence-electron chi connectivity index (χ3n) is 4.50. The fraction of sp³-hybridized carbons (Fsp3) is 0.125. The maximum Gasteiger partial charge on any atom is 0.262 e. The van der Waals surface area contributed by atoms with E-state index < -0.39 is 0 Å². The number of halogens is 1. The van der Waals surface area contributed by atoms with E-state index in [1.807, 2.05) is 43.3 Å². The highest BCUT2D eigenvalue weighted by atomic mass is 35.5. The minimum atomic E-state index is -0.243. The Morgan fingerprint density at radius 3 is 2.42 bits per heavy atom. The lowest BCUT2D eigenvalue weighted by atomic mass is 10.2. The number of aromatic nitrogens is 1. The van der Waals surface area contributed by atoms with Gasteiger partial charge in [-0.3, -0.25) is 9.59 Å². The van der Waals surface area contributed by atoms with Crippen LogP contribution in [0.3, 0.4) is 0 Å². The van der Waals surface area contributed by atoms with E-state index >= 15 is 0 Å². The van der Waals surface area contributed by atoms with E-state index in [4.69, 9.17) is 16.3 Å². The van der Waals surface area contributed by atoms with E-state index in [1.54, 1.807) is 30.3 Å². The molecule has 0 radical (unpaired) electrons. The van der Waals surface area contributed by atoms with Crippen molar-refractivity contribution in [3.63, 3.8) is 0 Å². The molecule has 6 nitrogen and oxygen atoms in total. The van der Waals surface area contributed by atoms with Gasteiger partial charge in [0.1, 0.15) is 5.75 Å². The minimum Gasteiger partial charge on any atom is -0.484 e. The number of ether oxygens (including phenoxy) is 1. The number of anilines is 2. The van der Waals surface area contributed by atoms with E-state index in [9.17, 15) is 9.59 Å². The molecular formula is C24H20ClN3O3S2. The standard InChI is InChI=1S/C24H20ClN3O3S2/c1-15-2-9-19(10-3-15)31-13-22(29)27-18-8-11-20-21(12-18)33-24(28-20)32-14-23(30)26-17-6-4-16(25)5-7-17/h2-12H,13-14H2,1H3,(H,26,30)(H,27,29). The maximum atomic E-state index is 12.2. The van der Waals surface area contributed by atoms with Crippen LogP contribution >= 0.6 is 34.7 Å². The Morgan fingerprint density at radius 2 is 1.67 bits per heavy atom. The van der Waals surface area contributed by atoms with Gasteiger partial charge in [0.05, 0.1) is 16.0 Å². The first-order valence-electron chi connectivity index (χ1n) is 10.0. The van der Waals surface area contributed by atoms with Crippen molar-refractivity contribution in [3.8, 4) is 5.75 Å². The van der Waals surface area contributed by atoms with Crippen molar-refractivity contribution in [2.24, 2.45) is 0 Å². The number of aryl methyl sites for hydroxylation is 1. The fourth-order valence-electron chi connectivity index (χ4n) is 2.88. The van der Waals surface area contributed by atoms with Crippen LogP contribution in [-0.2, 0) is 9.59 Å². The predicted octanol–water partition coefficient (Wildman–Crippen LogP) is 6.01. The highest BCUT2D eigenvalue weighted by Crippen LogP contribution is 2.31. The SMILES string of the molecule is Cc1ccc(OCC(=O)Nc2ccc3nc(SCC(=O)Nc4ccc(Cl)cc4)sc3c2)cc1. The zero-order valence-electron chi connectivity index (χ0n) is 17.6. The first-order valence-corrected chi connectivity index (χ1v) is 12.2. The molecule has 2 N–H and O–H groups in total. The molecule has 0 saturated heterocycles. The summed E-state index contributed by atoms with van der Waals surface area (Å²) in [5.41, 5.74) is 3.31. The van der Waals surface area contributed by atoms with Crippen molar-refractivity contribution in [1.82, 2.24) is 4.98 Å². The third kappa shape index (κ3) is 6.71. The van der Waals surface area contributed by atoms with E-state index in [0.29, 0.717) is 22.1 Å². The van der Waals surface area contributed by atoms with Crippen molar-refractivity contribution < 1.29 is 14.3 Å². The summed E-state index contributed by atoms with van der Waals surface area (Å²) in [5, 5.41) is 6.29. The van der Waals surface area contributed by atoms with Crippen molar-refractivity contribution in [1.29, 1.82) is 0 Å². The molecule has 0 unspecified atom stereocenters. The molecule has 0 aliphatic carbocycles. The van der Waals surface area contributed by atoms with Gasteiger partial charge in [-0.05, 0) is 61.5 Å². The summed E-state index contributed by atoms with van der Waals surface area (Å²) in [6.45, 7) is 1.92. The van der Waals surface area contributed by atoms with Gasteiger partial charge in [-0.25, -0.2) is 4.98 Å². The Labute approximate surface area is 204 Å². The number of thioether (sulfide) groups is 1. The molecule has 4 rings (SSSR count). The first-order chi connectivity index (χ1) is 15.9. The van der Waals surface area contributed by atoms with Gasteiger partial charge in [0.25, 0.3) is 5.91 Å². The molecule has 1 heterocycles. The zero-order valence-corrected chi connectivity index (χ0v) is 20.0. The van der Waals surface area contributed by atoms with Gasteiger partial charge < -0.3 is 15.4 Å². The second kappa shape index (κ2) is 10.7. The third-order valence-corrected chi connectivity index (χ3v) is 6.91. The average Bonchev–Trinajstić information content (AvgIpc) is 3.21. The zero-order chi connectivity index (χ0) is 23.2. The lowest BCUT2D eigenvalue weighted by Gasteiger charge is -2.07. The van der Waals surface area contributed by atoms with E-state index in [0.717, 1.165) is 20.1 Å². The number of carbonyl (C=O) groups is 2. The second-order valence-corrected chi connectivity index (χ2v) is 9.85. The van der Waals surface area contributed by atoms with Crippen molar-refractivity contribution >= 4 is 68.1 Å². The van der Waals surface area contributed by atoms with Crippen LogP contribution in [0.2, 0.25) is 5.02 Å².